The number of carbonyl (C=O) groups is 3. The van der Waals surface area contributed by atoms with E-state index in [0.29, 0.717) is 17.3 Å². The number of anilines is 1. The Labute approximate surface area is 177 Å². The first-order valence-corrected chi connectivity index (χ1v) is 9.46. The van der Waals surface area contributed by atoms with Crippen molar-refractivity contribution in [2.45, 2.75) is 45.8 Å². The van der Waals surface area contributed by atoms with Gasteiger partial charge in [0.25, 0.3) is 0 Å². The van der Waals surface area contributed by atoms with Crippen LogP contribution in [0.3, 0.4) is 0 Å². The molecule has 8 nitrogen and oxygen atoms in total. The number of aromatic nitrogens is 1. The van der Waals surface area contributed by atoms with Crippen LogP contribution in [-0.4, -0.2) is 50.0 Å². The summed E-state index contributed by atoms with van der Waals surface area (Å²) in [4.78, 5) is 34.5. The first-order valence-electron chi connectivity index (χ1n) is 9.08. The number of hydrogen-bond donors (Lipinski definition) is 2. The van der Waals surface area contributed by atoms with Crippen LogP contribution >= 0.6 is 11.6 Å². The third-order valence-corrected chi connectivity index (χ3v) is 3.39. The molecule has 0 bridgehead atoms. The van der Waals surface area contributed by atoms with Crippen molar-refractivity contribution in [1.29, 1.82) is 0 Å². The number of nitrogens with zero attached hydrogens (tertiary/aromatic N) is 1. The quantitative estimate of drug-likeness (QED) is 0.405. The van der Waals surface area contributed by atoms with Gasteiger partial charge >= 0.3 is 5.97 Å². The summed E-state index contributed by atoms with van der Waals surface area (Å²) < 4.78 is 9.58. The van der Waals surface area contributed by atoms with Gasteiger partial charge in [0.15, 0.2) is 0 Å². The first kappa shape index (κ1) is 28.9. The Bertz CT molecular complexity index is 612. The number of amides is 1. The number of esters is 1. The minimum absolute atomic E-state index is 0.0106. The van der Waals surface area contributed by atoms with Gasteiger partial charge in [0.1, 0.15) is 18.2 Å². The summed E-state index contributed by atoms with van der Waals surface area (Å²) >= 11 is 5.58. The molecule has 0 aromatic carbocycles. The highest BCUT2D eigenvalue weighted by Crippen LogP contribution is 2.18. The lowest BCUT2D eigenvalue weighted by molar-refractivity contribution is -0.150. The number of ether oxygens (including phenoxy) is 2. The van der Waals surface area contributed by atoms with Crippen molar-refractivity contribution in [2.24, 2.45) is 11.7 Å². The average molecular weight is 430 g/mol. The molecule has 0 saturated heterocycles. The van der Waals surface area contributed by atoms with E-state index in [1.807, 2.05) is 26.0 Å². The molecule has 1 unspecified atom stereocenters. The van der Waals surface area contributed by atoms with E-state index in [9.17, 15) is 14.4 Å². The van der Waals surface area contributed by atoms with E-state index >= 15 is 0 Å². The Balaban J connectivity index is 0. The molecule has 0 fully saturated rings. The fourth-order valence-corrected chi connectivity index (χ4v) is 1.91. The van der Waals surface area contributed by atoms with Crippen LogP contribution in [0, 0.1) is 5.92 Å². The second-order valence-corrected chi connectivity index (χ2v) is 6.23. The first-order chi connectivity index (χ1) is 13.8. The summed E-state index contributed by atoms with van der Waals surface area (Å²) in [5, 5.41) is 2.93. The Morgan fingerprint density at radius 3 is 2.38 bits per heavy atom. The Morgan fingerprint density at radius 2 is 2.00 bits per heavy atom. The topological polar surface area (TPSA) is 121 Å². The van der Waals surface area contributed by atoms with Gasteiger partial charge < -0.3 is 25.3 Å². The van der Waals surface area contributed by atoms with Crippen molar-refractivity contribution in [1.82, 2.24) is 4.98 Å². The van der Waals surface area contributed by atoms with Crippen LogP contribution in [0.25, 0.3) is 0 Å². The second kappa shape index (κ2) is 19.0. The molecular weight excluding hydrogens is 398 g/mol. The number of halogens is 1. The third kappa shape index (κ3) is 16.4. The Morgan fingerprint density at radius 1 is 1.34 bits per heavy atom. The van der Waals surface area contributed by atoms with E-state index in [-0.39, 0.29) is 24.1 Å². The van der Waals surface area contributed by atoms with Crippen molar-refractivity contribution in [2.75, 3.05) is 19.5 Å². The van der Waals surface area contributed by atoms with Crippen LogP contribution < -0.4 is 11.1 Å². The largest absolute Gasteiger partial charge is 0.463 e. The smallest absolute Gasteiger partial charge is 0.313 e. The molecule has 1 aromatic heterocycles. The number of allylic oxidation sites excluding steroid dienone is 1. The molecule has 0 aliphatic heterocycles. The van der Waals surface area contributed by atoms with Gasteiger partial charge in [-0.05, 0) is 52.8 Å². The summed E-state index contributed by atoms with van der Waals surface area (Å²) in [5.41, 5.74) is 4.50. The third-order valence-electron chi connectivity index (χ3n) is 3.16. The van der Waals surface area contributed by atoms with Gasteiger partial charge in [-0.2, -0.15) is 0 Å². The Hall–Kier alpha value is -2.29. The average Bonchev–Trinajstić information content (AvgIpc) is 3.25. The van der Waals surface area contributed by atoms with Crippen molar-refractivity contribution in [3.8, 4) is 0 Å². The van der Waals surface area contributed by atoms with Crippen LogP contribution in [0.4, 0.5) is 5.82 Å². The summed E-state index contributed by atoms with van der Waals surface area (Å²) in [6.45, 7) is 5.43. The highest BCUT2D eigenvalue weighted by molar-refractivity contribution is 6.30. The number of rotatable bonds is 6. The van der Waals surface area contributed by atoms with Gasteiger partial charge in [0.2, 0.25) is 6.41 Å². The molecule has 1 heterocycles. The lowest BCUT2D eigenvalue weighted by Gasteiger charge is -2.10. The Kier molecular flexibility index (Phi) is 19.0. The van der Waals surface area contributed by atoms with E-state index in [1.165, 1.54) is 20.4 Å². The van der Waals surface area contributed by atoms with E-state index in [0.717, 1.165) is 19.1 Å². The minimum Gasteiger partial charge on any atom is -0.463 e. The molecule has 2 atom stereocenters. The van der Waals surface area contributed by atoms with Gasteiger partial charge in [0.05, 0.1) is 12.0 Å². The fraction of sp³-hybridized carbons (Fsp3) is 0.500. The zero-order valence-electron chi connectivity index (χ0n) is 17.6. The van der Waals surface area contributed by atoms with Gasteiger partial charge in [-0.25, -0.2) is 4.98 Å². The number of methoxy groups -OCH3 is 1. The van der Waals surface area contributed by atoms with Gasteiger partial charge in [-0.15, -0.1) is 0 Å². The molecular formula is C20H32ClN3O5. The van der Waals surface area contributed by atoms with E-state index in [2.05, 4.69) is 20.8 Å². The predicted octanol–water partition coefficient (Wildman–Crippen LogP) is 3.00. The number of aldehydes is 1. The SMILES string of the molecule is CC(C)OC(=O)[C@@H]1C=CCC1.CN.COC(C)C=O.O=CNc1cc(Cl)ccn1. The van der Waals surface area contributed by atoms with Crippen molar-refractivity contribution in [3.63, 3.8) is 0 Å². The highest BCUT2D eigenvalue weighted by Gasteiger charge is 2.20. The molecule has 1 aromatic rings. The maximum atomic E-state index is 11.2. The van der Waals surface area contributed by atoms with E-state index in [4.69, 9.17) is 16.3 Å². The summed E-state index contributed by atoms with van der Waals surface area (Å²) in [6.07, 6.45) is 8.49. The number of hydrogen-bond acceptors (Lipinski definition) is 7. The van der Waals surface area contributed by atoms with Crippen molar-refractivity contribution in [3.05, 3.63) is 35.5 Å². The molecule has 29 heavy (non-hydrogen) atoms. The zero-order valence-corrected chi connectivity index (χ0v) is 18.4. The van der Waals surface area contributed by atoms with Crippen LogP contribution in [0.5, 0.6) is 0 Å². The summed E-state index contributed by atoms with van der Waals surface area (Å²) in [6, 6.07) is 3.20. The number of pyridine rings is 1. The fourth-order valence-electron chi connectivity index (χ4n) is 1.75. The summed E-state index contributed by atoms with van der Waals surface area (Å²) in [7, 11) is 3.00. The maximum absolute atomic E-state index is 11.2. The highest BCUT2D eigenvalue weighted by atomic mass is 35.5. The number of nitrogens with two attached hydrogens (primary N) is 1. The van der Waals surface area contributed by atoms with Crippen molar-refractivity contribution >= 4 is 36.1 Å². The van der Waals surface area contributed by atoms with E-state index in [1.54, 1.807) is 19.1 Å². The summed E-state index contributed by atoms with van der Waals surface area (Å²) in [5.74, 6) is 0.411. The number of nitrogens with one attached hydrogen (secondary N) is 1. The molecule has 3 N–H and O–H groups in total. The molecule has 2 rings (SSSR count). The lowest BCUT2D eigenvalue weighted by Crippen LogP contribution is -2.18. The molecule has 0 radical (unpaired) electrons. The van der Waals surface area contributed by atoms with Crippen LogP contribution in [0.1, 0.15) is 33.6 Å². The van der Waals surface area contributed by atoms with Gasteiger partial charge in [-0.3, -0.25) is 9.59 Å². The normalized spacial score (nSPS) is 14.7. The van der Waals surface area contributed by atoms with E-state index < -0.39 is 0 Å². The monoisotopic (exact) mass is 429 g/mol. The van der Waals surface area contributed by atoms with Crippen LogP contribution in [0.15, 0.2) is 30.5 Å². The van der Waals surface area contributed by atoms with Crippen LogP contribution in [-0.2, 0) is 23.9 Å². The molecule has 9 heteroatoms. The predicted molar refractivity (Wildman–Crippen MR) is 115 cm³/mol. The van der Waals surface area contributed by atoms with Gasteiger partial charge in [0, 0.05) is 18.3 Å². The molecule has 0 saturated carbocycles. The van der Waals surface area contributed by atoms with Crippen molar-refractivity contribution < 1.29 is 23.9 Å². The van der Waals surface area contributed by atoms with Gasteiger partial charge in [-0.1, -0.05) is 23.8 Å². The lowest BCUT2D eigenvalue weighted by atomic mass is 10.1. The molecule has 0 spiro atoms. The maximum Gasteiger partial charge on any atom is 0.313 e. The molecule has 1 amide bonds. The molecule has 1 aliphatic rings. The standard InChI is InChI=1S/C9H14O2.C6H5ClN2O.C4H8O2.CH5N/c1-7(2)11-9(10)8-5-3-4-6-8;7-5-1-2-8-6(3-5)9-4-10;1-4(3-5)6-2;1-2/h3,5,7-8H,4,6H2,1-2H3;1-4H,(H,8,9,10);3-4H,1-2H3;2H2,1H3/t8-;;;/m1.../s1. The molecule has 1 aliphatic carbocycles. The number of carbonyl (C=O) groups excluding carboxylic acids is 3. The molecule has 164 valence electrons. The zero-order chi connectivity index (χ0) is 22.7. The second-order valence-electron chi connectivity index (χ2n) is 5.80. The minimum atomic E-state index is -0.245. The van der Waals surface area contributed by atoms with Crippen LogP contribution in [0.2, 0.25) is 5.02 Å².